The lowest BCUT2D eigenvalue weighted by atomic mass is 9.90. The molecule has 21 heavy (non-hydrogen) atoms. The molecule has 0 aromatic heterocycles. The van der Waals surface area contributed by atoms with E-state index in [1.54, 1.807) is 0 Å². The molecule has 1 aromatic rings. The summed E-state index contributed by atoms with van der Waals surface area (Å²) in [5.74, 6) is -1.24. The van der Waals surface area contributed by atoms with E-state index in [0.29, 0.717) is 26.1 Å². The van der Waals surface area contributed by atoms with Crippen molar-refractivity contribution in [3.63, 3.8) is 0 Å². The lowest BCUT2D eigenvalue weighted by Gasteiger charge is -2.35. The van der Waals surface area contributed by atoms with E-state index in [0.717, 1.165) is 11.3 Å². The van der Waals surface area contributed by atoms with Crippen LogP contribution in [0.25, 0.3) is 0 Å². The zero-order valence-electron chi connectivity index (χ0n) is 12.5. The Kier molecular flexibility index (Phi) is 5.20. The number of hydrogen-bond donors (Lipinski definition) is 2. The van der Waals surface area contributed by atoms with Crippen LogP contribution in [0.15, 0.2) is 24.3 Å². The molecular formula is C16H23NO4. The largest absolute Gasteiger partial charge is 0.481 e. The van der Waals surface area contributed by atoms with Gasteiger partial charge in [-0.25, -0.2) is 0 Å². The molecule has 2 unspecified atom stereocenters. The lowest BCUT2D eigenvalue weighted by Crippen LogP contribution is -2.40. The quantitative estimate of drug-likeness (QED) is 0.837. The summed E-state index contributed by atoms with van der Waals surface area (Å²) in [6.07, 6.45) is 0.0657. The molecule has 1 aliphatic rings. The van der Waals surface area contributed by atoms with Crippen LogP contribution in [0.4, 0.5) is 5.69 Å². The molecule has 1 aromatic carbocycles. The molecule has 5 heteroatoms. The van der Waals surface area contributed by atoms with Crippen molar-refractivity contribution in [2.24, 2.45) is 0 Å². The predicted molar refractivity (Wildman–Crippen MR) is 80.7 cm³/mol. The minimum absolute atomic E-state index is 0.0877. The molecule has 2 N–H and O–H groups in total. The number of fused-ring (bicyclic) bond motifs is 1. The number of carboxylic acids is 1. The number of ether oxygens (including phenoxy) is 1. The molecule has 0 spiro atoms. The minimum atomic E-state index is -0.786. The van der Waals surface area contributed by atoms with Crippen LogP contribution < -0.4 is 4.90 Å². The van der Waals surface area contributed by atoms with Crippen LogP contribution in [0, 0.1) is 0 Å². The average molecular weight is 293 g/mol. The van der Waals surface area contributed by atoms with E-state index in [-0.39, 0.29) is 6.10 Å². The van der Waals surface area contributed by atoms with Gasteiger partial charge in [0.15, 0.2) is 0 Å². The number of benzene rings is 1. The van der Waals surface area contributed by atoms with Crippen LogP contribution in [0.3, 0.4) is 0 Å². The molecule has 0 amide bonds. The van der Waals surface area contributed by atoms with Crippen molar-refractivity contribution < 1.29 is 19.7 Å². The lowest BCUT2D eigenvalue weighted by molar-refractivity contribution is -0.139. The van der Waals surface area contributed by atoms with E-state index >= 15 is 0 Å². The SMILES string of the molecule is CC(C)OCC(O)CN1CCC(C(=O)O)c2ccccc21. The predicted octanol–water partition coefficient (Wildman–Crippen LogP) is 1.85. The number of carbonyl (C=O) groups is 1. The number of aliphatic hydroxyl groups is 1. The van der Waals surface area contributed by atoms with Gasteiger partial charge in [0.2, 0.25) is 0 Å². The Morgan fingerprint density at radius 3 is 2.81 bits per heavy atom. The molecule has 0 bridgehead atoms. The number of aliphatic carboxylic acids is 1. The van der Waals surface area contributed by atoms with Crippen LogP contribution in [0.2, 0.25) is 0 Å². The summed E-state index contributed by atoms with van der Waals surface area (Å²) >= 11 is 0. The second kappa shape index (κ2) is 6.91. The Morgan fingerprint density at radius 2 is 2.14 bits per heavy atom. The fraction of sp³-hybridized carbons (Fsp3) is 0.562. The number of carboxylic acid groups (broad SMARTS) is 1. The standard InChI is InChI=1S/C16H23NO4/c1-11(2)21-10-12(18)9-17-8-7-14(16(19)20)13-5-3-4-6-15(13)17/h3-6,11-12,14,18H,7-10H2,1-2H3,(H,19,20). The molecule has 1 aliphatic heterocycles. The first-order valence-corrected chi connectivity index (χ1v) is 7.35. The second-order valence-corrected chi connectivity index (χ2v) is 5.72. The molecule has 5 nitrogen and oxygen atoms in total. The first-order chi connectivity index (χ1) is 9.99. The van der Waals surface area contributed by atoms with Crippen molar-refractivity contribution in [3.8, 4) is 0 Å². The van der Waals surface area contributed by atoms with Crippen LogP contribution in [0.5, 0.6) is 0 Å². The fourth-order valence-corrected chi connectivity index (χ4v) is 2.69. The molecule has 2 atom stereocenters. The van der Waals surface area contributed by atoms with Crippen molar-refractivity contribution in [2.45, 2.75) is 38.4 Å². The van der Waals surface area contributed by atoms with Gasteiger partial charge < -0.3 is 19.8 Å². The van der Waals surface area contributed by atoms with E-state index < -0.39 is 18.0 Å². The zero-order valence-corrected chi connectivity index (χ0v) is 12.5. The molecular weight excluding hydrogens is 270 g/mol. The summed E-state index contributed by atoms with van der Waals surface area (Å²) in [7, 11) is 0. The second-order valence-electron chi connectivity index (χ2n) is 5.72. The Bertz CT molecular complexity index is 489. The third kappa shape index (κ3) is 3.95. The summed E-state index contributed by atoms with van der Waals surface area (Å²) < 4.78 is 5.42. The average Bonchev–Trinajstić information content (AvgIpc) is 2.45. The van der Waals surface area contributed by atoms with Crippen LogP contribution in [0.1, 0.15) is 31.7 Å². The Labute approximate surface area is 125 Å². The Morgan fingerprint density at radius 1 is 1.43 bits per heavy atom. The third-order valence-corrected chi connectivity index (χ3v) is 3.69. The molecule has 1 heterocycles. The zero-order chi connectivity index (χ0) is 15.4. The highest BCUT2D eigenvalue weighted by molar-refractivity contribution is 5.80. The molecule has 116 valence electrons. The van der Waals surface area contributed by atoms with Gasteiger partial charge in [0.05, 0.1) is 24.7 Å². The minimum Gasteiger partial charge on any atom is -0.481 e. The maximum atomic E-state index is 11.3. The molecule has 0 fully saturated rings. The van der Waals surface area contributed by atoms with Gasteiger partial charge in [-0.2, -0.15) is 0 Å². The monoisotopic (exact) mass is 293 g/mol. The van der Waals surface area contributed by atoms with Crippen molar-refractivity contribution >= 4 is 11.7 Å². The summed E-state index contributed by atoms with van der Waals surface area (Å²) in [6, 6.07) is 7.53. The molecule has 0 saturated heterocycles. The number of aliphatic hydroxyl groups excluding tert-OH is 1. The number of nitrogens with zero attached hydrogens (tertiary/aromatic N) is 1. The van der Waals surface area contributed by atoms with Gasteiger partial charge in [-0.3, -0.25) is 4.79 Å². The van der Waals surface area contributed by atoms with Crippen LogP contribution in [-0.4, -0.2) is 48.1 Å². The van der Waals surface area contributed by atoms with Crippen molar-refractivity contribution in [3.05, 3.63) is 29.8 Å². The smallest absolute Gasteiger partial charge is 0.311 e. The van der Waals surface area contributed by atoms with Gasteiger partial charge in [-0.15, -0.1) is 0 Å². The summed E-state index contributed by atoms with van der Waals surface area (Å²) in [4.78, 5) is 13.4. The first kappa shape index (κ1) is 15.8. The topological polar surface area (TPSA) is 70.0 Å². The van der Waals surface area contributed by atoms with Crippen molar-refractivity contribution in [1.82, 2.24) is 0 Å². The summed E-state index contributed by atoms with van der Waals surface area (Å²) in [5, 5.41) is 19.4. The molecule has 0 aliphatic carbocycles. The number of β-amino-alcohol motifs (C(OH)–C–C–N with tert-alkyl or cyclic N) is 1. The number of para-hydroxylation sites is 1. The van der Waals surface area contributed by atoms with Crippen LogP contribution in [-0.2, 0) is 9.53 Å². The number of anilines is 1. The van der Waals surface area contributed by atoms with E-state index in [4.69, 9.17) is 4.74 Å². The highest BCUT2D eigenvalue weighted by Crippen LogP contribution is 2.35. The van der Waals surface area contributed by atoms with Gasteiger partial charge in [-0.1, -0.05) is 18.2 Å². The van der Waals surface area contributed by atoms with E-state index in [1.165, 1.54) is 0 Å². The van der Waals surface area contributed by atoms with Crippen molar-refractivity contribution in [2.75, 3.05) is 24.6 Å². The fourth-order valence-electron chi connectivity index (χ4n) is 2.69. The molecule has 0 radical (unpaired) electrons. The highest BCUT2D eigenvalue weighted by atomic mass is 16.5. The first-order valence-electron chi connectivity index (χ1n) is 7.35. The number of hydrogen-bond acceptors (Lipinski definition) is 4. The summed E-state index contributed by atoms with van der Waals surface area (Å²) in [6.45, 7) is 5.24. The van der Waals surface area contributed by atoms with Gasteiger partial charge in [0, 0.05) is 18.8 Å². The maximum absolute atomic E-state index is 11.3. The van der Waals surface area contributed by atoms with Gasteiger partial charge in [0.25, 0.3) is 0 Å². The Hall–Kier alpha value is -1.59. The van der Waals surface area contributed by atoms with E-state index in [9.17, 15) is 15.0 Å². The third-order valence-electron chi connectivity index (χ3n) is 3.69. The normalized spacial score (nSPS) is 19.4. The molecule has 0 saturated carbocycles. The maximum Gasteiger partial charge on any atom is 0.311 e. The van der Waals surface area contributed by atoms with Gasteiger partial charge in [-0.05, 0) is 31.9 Å². The van der Waals surface area contributed by atoms with E-state index in [1.807, 2.05) is 43.0 Å². The summed E-state index contributed by atoms with van der Waals surface area (Å²) in [5.41, 5.74) is 1.73. The highest BCUT2D eigenvalue weighted by Gasteiger charge is 2.30. The number of rotatable bonds is 6. The van der Waals surface area contributed by atoms with E-state index in [2.05, 4.69) is 0 Å². The van der Waals surface area contributed by atoms with Crippen molar-refractivity contribution in [1.29, 1.82) is 0 Å². The van der Waals surface area contributed by atoms with Crippen LogP contribution >= 0.6 is 0 Å². The Balaban J connectivity index is 2.08. The van der Waals surface area contributed by atoms with Gasteiger partial charge in [0.1, 0.15) is 0 Å². The molecule has 2 rings (SSSR count). The van der Waals surface area contributed by atoms with Gasteiger partial charge >= 0.3 is 5.97 Å².